The Morgan fingerprint density at radius 1 is 0.806 bits per heavy atom. The molecule has 0 saturated carbocycles. The number of ether oxygens (including phenoxy) is 2. The van der Waals surface area contributed by atoms with Gasteiger partial charge >= 0.3 is 0 Å². The first kappa shape index (κ1) is 26.2. The van der Waals surface area contributed by atoms with E-state index >= 15 is 0 Å². The predicted octanol–water partition coefficient (Wildman–Crippen LogP) is 4.71. The van der Waals surface area contributed by atoms with Crippen molar-refractivity contribution in [3.63, 3.8) is 0 Å². The fourth-order valence-corrected chi connectivity index (χ4v) is 3.70. The van der Waals surface area contributed by atoms with Gasteiger partial charge in [0.2, 0.25) is 0 Å². The molecule has 4 aromatic rings. The highest BCUT2D eigenvalue weighted by molar-refractivity contribution is 6.08. The molecule has 0 atom stereocenters. The third-order valence-electron chi connectivity index (χ3n) is 5.57. The zero-order valence-corrected chi connectivity index (χ0v) is 20.9. The first-order chi connectivity index (χ1) is 17.5. The number of ketones is 1. The first-order valence-corrected chi connectivity index (χ1v) is 11.7. The van der Waals surface area contributed by atoms with Crippen molar-refractivity contribution >= 4 is 22.5 Å². The molecule has 0 unspecified atom stereocenters. The summed E-state index contributed by atoms with van der Waals surface area (Å²) < 4.78 is 11.8. The minimum absolute atomic E-state index is 0.170. The van der Waals surface area contributed by atoms with Gasteiger partial charge in [-0.15, -0.1) is 0 Å². The number of fused-ring (bicyclic) bond motifs is 1. The topological polar surface area (TPSA) is 86.6 Å². The van der Waals surface area contributed by atoms with Gasteiger partial charge in [0.1, 0.15) is 11.5 Å². The van der Waals surface area contributed by atoms with Crippen LogP contribution in [0.1, 0.15) is 40.1 Å². The van der Waals surface area contributed by atoms with E-state index in [1.165, 1.54) is 4.57 Å². The van der Waals surface area contributed by atoms with Crippen molar-refractivity contribution in [2.24, 2.45) is 0 Å². The second kappa shape index (κ2) is 12.4. The Balaban J connectivity index is 0.00000176. The van der Waals surface area contributed by atoms with E-state index in [0.717, 1.165) is 11.3 Å². The van der Waals surface area contributed by atoms with E-state index in [4.69, 9.17) is 9.47 Å². The van der Waals surface area contributed by atoms with Crippen LogP contribution in [0.5, 0.6) is 11.5 Å². The van der Waals surface area contributed by atoms with Crippen molar-refractivity contribution in [2.75, 3.05) is 20.8 Å². The van der Waals surface area contributed by atoms with Gasteiger partial charge in [-0.3, -0.25) is 14.4 Å². The molecule has 0 spiro atoms. The zero-order chi connectivity index (χ0) is 26.1. The molecule has 7 heteroatoms. The highest BCUT2D eigenvalue weighted by Crippen LogP contribution is 2.18. The number of hydrogen-bond acceptors (Lipinski definition) is 5. The molecular formula is C29H30N2O5. The molecule has 0 saturated heterocycles. The van der Waals surface area contributed by atoms with E-state index < -0.39 is 5.91 Å². The number of nitrogens with one attached hydrogen (secondary N) is 1. The van der Waals surface area contributed by atoms with Crippen LogP contribution in [0.25, 0.3) is 10.8 Å². The highest BCUT2D eigenvalue weighted by Gasteiger charge is 2.16. The first-order valence-electron chi connectivity index (χ1n) is 11.7. The smallest absolute Gasteiger partial charge is 0.258 e. The summed E-state index contributed by atoms with van der Waals surface area (Å²) in [4.78, 5) is 38.7. The van der Waals surface area contributed by atoms with Gasteiger partial charge in [-0.05, 0) is 48.0 Å². The van der Waals surface area contributed by atoms with E-state index in [2.05, 4.69) is 5.32 Å². The van der Waals surface area contributed by atoms with Crippen LogP contribution in [-0.4, -0.2) is 37.0 Å². The van der Waals surface area contributed by atoms with E-state index in [9.17, 15) is 14.4 Å². The van der Waals surface area contributed by atoms with Crippen molar-refractivity contribution < 1.29 is 19.1 Å². The Morgan fingerprint density at radius 3 is 1.94 bits per heavy atom. The molecule has 0 fully saturated rings. The summed E-state index contributed by atoms with van der Waals surface area (Å²) in [5.41, 5.74) is 1.48. The van der Waals surface area contributed by atoms with Gasteiger partial charge in [0.15, 0.2) is 5.78 Å². The summed E-state index contributed by atoms with van der Waals surface area (Å²) in [6.07, 6.45) is 1.54. The number of aromatic nitrogens is 1. The summed E-state index contributed by atoms with van der Waals surface area (Å²) in [5, 5.41) is 3.66. The third kappa shape index (κ3) is 5.99. The maximum atomic E-state index is 13.1. The van der Waals surface area contributed by atoms with E-state index in [1.54, 1.807) is 68.9 Å². The molecule has 0 aliphatic carbocycles. The number of benzene rings is 3. The van der Waals surface area contributed by atoms with Crippen LogP contribution in [0.2, 0.25) is 0 Å². The Bertz CT molecular complexity index is 1390. The standard InChI is InChI=1S/C27H24N2O5.C2H6/c1-33-20-11-7-18(8-12-20)16-29-17-24(22-5-3-4-6-23(22)27(29)32)26(31)28-15-25(30)19-9-13-21(34-2)14-10-19;1-2/h3-14,17H,15-16H2,1-2H3,(H,28,31);1-2H3. The minimum atomic E-state index is -0.429. The Kier molecular flexibility index (Phi) is 9.00. The molecular weight excluding hydrogens is 456 g/mol. The van der Waals surface area contributed by atoms with Crippen LogP contribution >= 0.6 is 0 Å². The lowest BCUT2D eigenvalue weighted by Crippen LogP contribution is -2.31. The lowest BCUT2D eigenvalue weighted by atomic mass is 10.1. The van der Waals surface area contributed by atoms with Gasteiger partial charge < -0.3 is 19.4 Å². The Morgan fingerprint density at radius 2 is 1.36 bits per heavy atom. The van der Waals surface area contributed by atoms with Gasteiger partial charge in [0.05, 0.1) is 32.9 Å². The van der Waals surface area contributed by atoms with Crippen molar-refractivity contribution in [1.82, 2.24) is 9.88 Å². The summed E-state index contributed by atoms with van der Waals surface area (Å²) in [6, 6.07) is 21.0. The molecule has 0 aliphatic rings. The van der Waals surface area contributed by atoms with Crippen molar-refractivity contribution in [1.29, 1.82) is 0 Å². The Labute approximate surface area is 210 Å². The molecule has 1 heterocycles. The normalized spacial score (nSPS) is 10.2. The number of nitrogens with zero attached hydrogens (tertiary/aromatic N) is 1. The molecule has 1 N–H and O–H groups in total. The number of Topliss-reactive ketones (excluding diaryl/α,β-unsaturated/α-hetero) is 1. The summed E-state index contributed by atoms with van der Waals surface area (Å²) in [7, 11) is 3.14. The SMILES string of the molecule is CC.COc1ccc(Cn2cc(C(=O)NCC(=O)c3ccc(OC)cc3)c3ccccc3c2=O)cc1. The number of carbonyl (C=O) groups excluding carboxylic acids is 2. The van der Waals surface area contributed by atoms with Crippen LogP contribution in [0.4, 0.5) is 0 Å². The van der Waals surface area contributed by atoms with Crippen molar-refractivity contribution in [3.8, 4) is 11.5 Å². The second-order valence-electron chi connectivity index (χ2n) is 7.70. The van der Waals surface area contributed by atoms with Crippen LogP contribution in [-0.2, 0) is 6.54 Å². The monoisotopic (exact) mass is 486 g/mol. The third-order valence-corrected chi connectivity index (χ3v) is 5.57. The van der Waals surface area contributed by atoms with Gasteiger partial charge in [-0.25, -0.2) is 0 Å². The zero-order valence-electron chi connectivity index (χ0n) is 20.9. The molecule has 1 amide bonds. The van der Waals surface area contributed by atoms with E-state index in [1.807, 2.05) is 38.1 Å². The lowest BCUT2D eigenvalue weighted by molar-refractivity contribution is 0.0904. The molecule has 0 aliphatic heterocycles. The Hall–Kier alpha value is -4.39. The van der Waals surface area contributed by atoms with Gasteiger partial charge in [0, 0.05) is 22.5 Å². The maximum Gasteiger partial charge on any atom is 0.258 e. The summed E-state index contributed by atoms with van der Waals surface area (Å²) >= 11 is 0. The largest absolute Gasteiger partial charge is 0.497 e. The fraction of sp³-hybridized carbons (Fsp3) is 0.207. The van der Waals surface area contributed by atoms with Crippen LogP contribution < -0.4 is 20.3 Å². The molecule has 7 nitrogen and oxygen atoms in total. The lowest BCUT2D eigenvalue weighted by Gasteiger charge is -2.13. The van der Waals surface area contributed by atoms with E-state index in [0.29, 0.717) is 34.2 Å². The highest BCUT2D eigenvalue weighted by atomic mass is 16.5. The number of amides is 1. The quantitative estimate of drug-likeness (QED) is 0.365. The number of rotatable bonds is 8. The fourth-order valence-electron chi connectivity index (χ4n) is 3.70. The molecule has 3 aromatic carbocycles. The number of hydrogen-bond donors (Lipinski definition) is 1. The average Bonchev–Trinajstić information content (AvgIpc) is 2.94. The van der Waals surface area contributed by atoms with Crippen LogP contribution in [0, 0.1) is 0 Å². The van der Waals surface area contributed by atoms with Crippen molar-refractivity contribution in [2.45, 2.75) is 20.4 Å². The number of carbonyl (C=O) groups is 2. The number of methoxy groups -OCH3 is 2. The molecule has 4 rings (SSSR count). The van der Waals surface area contributed by atoms with Crippen LogP contribution in [0.15, 0.2) is 83.8 Å². The molecule has 0 bridgehead atoms. The predicted molar refractivity (Wildman–Crippen MR) is 141 cm³/mol. The van der Waals surface area contributed by atoms with Gasteiger partial charge in [-0.1, -0.05) is 44.2 Å². The summed E-state index contributed by atoms with van der Waals surface area (Å²) in [6.45, 7) is 4.12. The molecule has 1 aromatic heterocycles. The van der Waals surface area contributed by atoms with Crippen LogP contribution in [0.3, 0.4) is 0 Å². The maximum absolute atomic E-state index is 13.1. The van der Waals surface area contributed by atoms with Gasteiger partial charge in [-0.2, -0.15) is 0 Å². The second-order valence-corrected chi connectivity index (χ2v) is 7.70. The molecule has 36 heavy (non-hydrogen) atoms. The van der Waals surface area contributed by atoms with E-state index in [-0.39, 0.29) is 17.9 Å². The molecule has 186 valence electrons. The number of pyridine rings is 1. The minimum Gasteiger partial charge on any atom is -0.497 e. The summed E-state index contributed by atoms with van der Waals surface area (Å²) in [5.74, 6) is 0.704. The average molecular weight is 487 g/mol. The molecule has 0 radical (unpaired) electrons. The van der Waals surface area contributed by atoms with Crippen molar-refractivity contribution in [3.05, 3.63) is 106 Å². The van der Waals surface area contributed by atoms with Gasteiger partial charge in [0.25, 0.3) is 11.5 Å².